The van der Waals surface area contributed by atoms with Crippen molar-refractivity contribution in [2.24, 2.45) is 7.05 Å². The van der Waals surface area contributed by atoms with Gasteiger partial charge in [0, 0.05) is 19.4 Å². The Labute approximate surface area is 104 Å². The molecule has 0 unspecified atom stereocenters. The van der Waals surface area contributed by atoms with Crippen LogP contribution < -0.4 is 4.72 Å². The van der Waals surface area contributed by atoms with E-state index in [0.29, 0.717) is 5.82 Å². The van der Waals surface area contributed by atoms with Crippen LogP contribution in [0.5, 0.6) is 0 Å². The lowest BCUT2D eigenvalue weighted by atomic mass is 10.4. The van der Waals surface area contributed by atoms with Gasteiger partial charge in [-0.1, -0.05) is 12.1 Å². The fourth-order valence-electron chi connectivity index (χ4n) is 1.47. The summed E-state index contributed by atoms with van der Waals surface area (Å²) in [6.07, 6.45) is 3.26. The Kier molecular flexibility index (Phi) is 3.44. The van der Waals surface area contributed by atoms with E-state index in [9.17, 15) is 12.8 Å². The summed E-state index contributed by atoms with van der Waals surface area (Å²) in [6, 6.07) is 5.23. The fraction of sp³-hybridized carbons (Fsp3) is 0.182. The van der Waals surface area contributed by atoms with Crippen molar-refractivity contribution in [3.8, 4) is 0 Å². The number of halogens is 1. The van der Waals surface area contributed by atoms with Crippen molar-refractivity contribution in [1.29, 1.82) is 0 Å². The Hall–Kier alpha value is -1.73. The third-order valence-electron chi connectivity index (χ3n) is 2.47. The van der Waals surface area contributed by atoms with Gasteiger partial charge in [-0.15, -0.1) is 0 Å². The molecule has 1 heterocycles. The minimum Gasteiger partial charge on any atom is -0.337 e. The average Bonchev–Trinajstić information content (AvgIpc) is 2.73. The fourth-order valence-corrected chi connectivity index (χ4v) is 2.52. The molecule has 18 heavy (non-hydrogen) atoms. The second kappa shape index (κ2) is 4.87. The number of aromatic nitrogens is 2. The van der Waals surface area contributed by atoms with Crippen LogP contribution in [0.15, 0.2) is 41.6 Å². The Balaban J connectivity index is 2.19. The summed E-state index contributed by atoms with van der Waals surface area (Å²) in [6.45, 7) is 0.0141. The van der Waals surface area contributed by atoms with Crippen LogP contribution in [-0.4, -0.2) is 18.0 Å². The Morgan fingerprint density at radius 1 is 1.39 bits per heavy atom. The van der Waals surface area contributed by atoms with Crippen molar-refractivity contribution in [3.63, 3.8) is 0 Å². The number of sulfonamides is 1. The van der Waals surface area contributed by atoms with Crippen molar-refractivity contribution in [2.75, 3.05) is 0 Å². The lowest BCUT2D eigenvalue weighted by Gasteiger charge is -2.07. The van der Waals surface area contributed by atoms with Gasteiger partial charge >= 0.3 is 0 Å². The number of hydrogen-bond acceptors (Lipinski definition) is 3. The number of benzene rings is 1. The zero-order valence-corrected chi connectivity index (χ0v) is 10.5. The summed E-state index contributed by atoms with van der Waals surface area (Å²) in [4.78, 5) is 3.62. The zero-order valence-electron chi connectivity index (χ0n) is 9.67. The van der Waals surface area contributed by atoms with Crippen molar-refractivity contribution >= 4 is 10.0 Å². The molecule has 0 saturated carbocycles. The molecule has 0 radical (unpaired) electrons. The molecule has 1 N–H and O–H groups in total. The molecule has 0 spiro atoms. The summed E-state index contributed by atoms with van der Waals surface area (Å²) < 4.78 is 41.1. The van der Waals surface area contributed by atoms with Crippen LogP contribution >= 0.6 is 0 Å². The third kappa shape index (κ3) is 2.57. The third-order valence-corrected chi connectivity index (χ3v) is 3.90. The highest BCUT2D eigenvalue weighted by Crippen LogP contribution is 2.13. The monoisotopic (exact) mass is 269 g/mol. The first-order chi connectivity index (χ1) is 8.50. The van der Waals surface area contributed by atoms with E-state index >= 15 is 0 Å². The van der Waals surface area contributed by atoms with E-state index in [2.05, 4.69) is 9.71 Å². The zero-order chi connectivity index (χ0) is 13.2. The Morgan fingerprint density at radius 2 is 2.11 bits per heavy atom. The predicted molar refractivity (Wildman–Crippen MR) is 63.6 cm³/mol. The minimum atomic E-state index is -3.86. The molecule has 0 aliphatic heterocycles. The highest BCUT2D eigenvalue weighted by Gasteiger charge is 2.18. The molecule has 0 aliphatic carbocycles. The molecule has 96 valence electrons. The number of nitrogens with zero attached hydrogens (tertiary/aromatic N) is 2. The van der Waals surface area contributed by atoms with Gasteiger partial charge in [0.15, 0.2) is 0 Å². The van der Waals surface area contributed by atoms with Gasteiger partial charge in [0.05, 0.1) is 6.54 Å². The van der Waals surface area contributed by atoms with Gasteiger partial charge in [0.2, 0.25) is 10.0 Å². The van der Waals surface area contributed by atoms with Crippen LogP contribution in [0.2, 0.25) is 0 Å². The maximum absolute atomic E-state index is 13.4. The second-order valence-corrected chi connectivity index (χ2v) is 5.44. The summed E-state index contributed by atoms with van der Waals surface area (Å²) in [7, 11) is -2.11. The smallest absolute Gasteiger partial charge is 0.243 e. The first kappa shape index (κ1) is 12.7. The molecule has 7 heteroatoms. The second-order valence-electron chi connectivity index (χ2n) is 3.71. The van der Waals surface area contributed by atoms with Crippen LogP contribution in [0.25, 0.3) is 0 Å². The van der Waals surface area contributed by atoms with Crippen molar-refractivity contribution < 1.29 is 12.8 Å². The van der Waals surface area contributed by atoms with Crippen LogP contribution in [0.4, 0.5) is 4.39 Å². The quantitative estimate of drug-likeness (QED) is 0.902. The van der Waals surface area contributed by atoms with Gasteiger partial charge in [-0.3, -0.25) is 0 Å². The van der Waals surface area contributed by atoms with E-state index in [1.165, 1.54) is 18.2 Å². The van der Waals surface area contributed by atoms with Crippen molar-refractivity contribution in [3.05, 3.63) is 48.3 Å². The first-order valence-electron chi connectivity index (χ1n) is 5.21. The molecule has 0 fully saturated rings. The molecule has 0 saturated heterocycles. The van der Waals surface area contributed by atoms with E-state index in [4.69, 9.17) is 0 Å². The van der Waals surface area contributed by atoms with Gasteiger partial charge < -0.3 is 4.57 Å². The van der Waals surface area contributed by atoms with Crippen LogP contribution in [0, 0.1) is 5.82 Å². The van der Waals surface area contributed by atoms with Crippen LogP contribution in [0.1, 0.15) is 5.82 Å². The van der Waals surface area contributed by atoms with Gasteiger partial charge in [0.1, 0.15) is 16.5 Å². The van der Waals surface area contributed by atoms with E-state index in [1.807, 2.05) is 0 Å². The van der Waals surface area contributed by atoms with E-state index < -0.39 is 15.8 Å². The number of aryl methyl sites for hydroxylation is 1. The van der Waals surface area contributed by atoms with E-state index in [-0.39, 0.29) is 11.4 Å². The molecule has 5 nitrogen and oxygen atoms in total. The summed E-state index contributed by atoms with van der Waals surface area (Å²) in [5.74, 6) is -0.222. The summed E-state index contributed by atoms with van der Waals surface area (Å²) in [5.41, 5.74) is 0. The molecular formula is C11H12FN3O2S. The largest absolute Gasteiger partial charge is 0.337 e. The molecule has 2 aromatic rings. The Morgan fingerprint density at radius 3 is 2.72 bits per heavy atom. The van der Waals surface area contributed by atoms with Crippen molar-refractivity contribution in [1.82, 2.24) is 14.3 Å². The first-order valence-corrected chi connectivity index (χ1v) is 6.69. The minimum absolute atomic E-state index is 0.0141. The predicted octanol–water partition coefficient (Wildman–Crippen LogP) is 1.04. The lowest BCUT2D eigenvalue weighted by molar-refractivity contribution is 0.554. The number of hydrogen-bond donors (Lipinski definition) is 1. The summed E-state index contributed by atoms with van der Waals surface area (Å²) >= 11 is 0. The highest BCUT2D eigenvalue weighted by molar-refractivity contribution is 7.89. The molecule has 0 atom stereocenters. The van der Waals surface area contributed by atoms with Crippen molar-refractivity contribution in [2.45, 2.75) is 11.4 Å². The number of rotatable bonds is 4. The molecule has 0 bridgehead atoms. The Bertz CT molecular complexity index is 652. The molecule has 0 amide bonds. The maximum Gasteiger partial charge on any atom is 0.243 e. The van der Waals surface area contributed by atoms with Gasteiger partial charge in [-0.25, -0.2) is 22.5 Å². The molecule has 1 aromatic carbocycles. The normalized spacial score (nSPS) is 11.7. The van der Waals surface area contributed by atoms with Gasteiger partial charge in [0.25, 0.3) is 0 Å². The molecule has 0 aliphatic rings. The van der Waals surface area contributed by atoms with Crippen LogP contribution in [-0.2, 0) is 23.6 Å². The van der Waals surface area contributed by atoms with E-state index in [0.717, 1.165) is 6.07 Å². The molecule has 2 rings (SSSR count). The lowest BCUT2D eigenvalue weighted by Crippen LogP contribution is -2.25. The average molecular weight is 269 g/mol. The molecule has 1 aromatic heterocycles. The number of nitrogens with one attached hydrogen (secondary N) is 1. The van der Waals surface area contributed by atoms with Gasteiger partial charge in [-0.05, 0) is 12.1 Å². The SMILES string of the molecule is Cn1ccnc1CNS(=O)(=O)c1ccccc1F. The maximum atomic E-state index is 13.4. The highest BCUT2D eigenvalue weighted by atomic mass is 32.2. The van der Waals surface area contributed by atoms with E-state index in [1.54, 1.807) is 24.0 Å². The van der Waals surface area contributed by atoms with Crippen LogP contribution in [0.3, 0.4) is 0 Å². The molecular weight excluding hydrogens is 257 g/mol. The standard InChI is InChI=1S/C11H12FN3O2S/c1-15-7-6-13-11(15)8-14-18(16,17)10-5-3-2-4-9(10)12/h2-7,14H,8H2,1H3. The van der Waals surface area contributed by atoms with Gasteiger partial charge in [-0.2, -0.15) is 0 Å². The topological polar surface area (TPSA) is 64.0 Å². The number of imidazole rings is 1. The summed E-state index contributed by atoms with van der Waals surface area (Å²) in [5, 5.41) is 0.